The normalized spacial score (nSPS) is 14.7. The number of piperidine rings is 1. The van der Waals surface area contributed by atoms with E-state index in [0.717, 1.165) is 54.1 Å². The Labute approximate surface area is 178 Å². The minimum absolute atomic E-state index is 0.0614. The second-order valence-electron chi connectivity index (χ2n) is 8.12. The summed E-state index contributed by atoms with van der Waals surface area (Å²) in [6.45, 7) is 5.47. The van der Waals surface area contributed by atoms with Crippen LogP contribution in [0.15, 0.2) is 72.9 Å². The van der Waals surface area contributed by atoms with Gasteiger partial charge in [0.05, 0.1) is 5.69 Å². The van der Waals surface area contributed by atoms with Gasteiger partial charge in [-0.3, -0.25) is 9.78 Å². The quantitative estimate of drug-likeness (QED) is 0.573. The van der Waals surface area contributed by atoms with E-state index in [1.807, 2.05) is 55.3 Å². The number of aromatic nitrogens is 1. The maximum atomic E-state index is 12.1. The van der Waals surface area contributed by atoms with Gasteiger partial charge in [0.25, 0.3) is 0 Å². The highest BCUT2D eigenvalue weighted by molar-refractivity contribution is 5.78. The van der Waals surface area contributed by atoms with E-state index in [9.17, 15) is 4.79 Å². The Bertz CT molecular complexity index is 958. The van der Waals surface area contributed by atoms with E-state index in [2.05, 4.69) is 41.4 Å². The van der Waals surface area contributed by atoms with Crippen molar-refractivity contribution in [2.75, 3.05) is 13.1 Å². The number of ether oxygens (including phenoxy) is 1. The van der Waals surface area contributed by atoms with Gasteiger partial charge in [-0.2, -0.15) is 0 Å². The number of hydrogen-bond donors (Lipinski definition) is 0. The summed E-state index contributed by atoms with van der Waals surface area (Å²) >= 11 is 0. The summed E-state index contributed by atoms with van der Waals surface area (Å²) in [7, 11) is 0. The first-order valence-corrected chi connectivity index (χ1v) is 10.7. The van der Waals surface area contributed by atoms with Crippen molar-refractivity contribution in [2.45, 2.75) is 32.8 Å². The van der Waals surface area contributed by atoms with E-state index in [-0.39, 0.29) is 17.9 Å². The maximum absolute atomic E-state index is 12.1. The molecule has 1 aromatic heterocycles. The molecule has 0 bridgehead atoms. The number of rotatable bonds is 5. The topological polar surface area (TPSA) is 42.4 Å². The lowest BCUT2D eigenvalue weighted by Gasteiger charge is -2.33. The summed E-state index contributed by atoms with van der Waals surface area (Å²) in [4.78, 5) is 18.7. The van der Waals surface area contributed by atoms with Crippen LogP contribution in [-0.4, -0.2) is 35.0 Å². The molecule has 0 saturated carbocycles. The largest absolute Gasteiger partial charge is 0.490 e. The molecule has 0 spiro atoms. The molecule has 4 rings (SSSR count). The molecule has 0 N–H and O–H groups in total. The van der Waals surface area contributed by atoms with Gasteiger partial charge in [-0.05, 0) is 23.8 Å². The zero-order valence-electron chi connectivity index (χ0n) is 17.6. The molecule has 2 aromatic carbocycles. The second kappa shape index (κ2) is 9.12. The van der Waals surface area contributed by atoms with E-state index in [1.165, 1.54) is 0 Å². The SMILES string of the molecule is CC(C)C(=O)N1CCC(Oc2ccc(-c3ccc(-c4ccccc4)nc3)cc2)CC1. The standard InChI is InChI=1S/C26H28N2O2/c1-19(2)26(29)28-16-14-24(15-17-28)30-23-11-8-20(9-12-23)22-10-13-25(27-18-22)21-6-4-3-5-7-21/h3-13,18-19,24H,14-17H2,1-2H3. The lowest BCUT2D eigenvalue weighted by molar-refractivity contribution is -0.136. The molecule has 0 unspecified atom stereocenters. The molecule has 0 aliphatic carbocycles. The maximum Gasteiger partial charge on any atom is 0.225 e. The van der Waals surface area contributed by atoms with Crippen molar-refractivity contribution >= 4 is 5.91 Å². The molecule has 1 aliphatic rings. The van der Waals surface area contributed by atoms with Crippen molar-refractivity contribution in [3.8, 4) is 28.1 Å². The Morgan fingerprint density at radius 2 is 1.57 bits per heavy atom. The smallest absolute Gasteiger partial charge is 0.225 e. The molecular weight excluding hydrogens is 372 g/mol. The van der Waals surface area contributed by atoms with Gasteiger partial charge in [0.15, 0.2) is 0 Å². The third kappa shape index (κ3) is 4.70. The first kappa shape index (κ1) is 20.1. The molecule has 4 heteroatoms. The van der Waals surface area contributed by atoms with Gasteiger partial charge in [-0.25, -0.2) is 0 Å². The average molecular weight is 401 g/mol. The van der Waals surface area contributed by atoms with E-state index < -0.39 is 0 Å². The number of pyridine rings is 1. The van der Waals surface area contributed by atoms with Crippen molar-refractivity contribution in [1.29, 1.82) is 0 Å². The van der Waals surface area contributed by atoms with Crippen LogP contribution in [0.25, 0.3) is 22.4 Å². The Morgan fingerprint density at radius 1 is 0.900 bits per heavy atom. The highest BCUT2D eigenvalue weighted by Gasteiger charge is 2.25. The number of amides is 1. The molecule has 2 heterocycles. The van der Waals surface area contributed by atoms with E-state index in [4.69, 9.17) is 4.74 Å². The Kier molecular flexibility index (Phi) is 6.12. The van der Waals surface area contributed by atoms with Crippen LogP contribution in [0.1, 0.15) is 26.7 Å². The number of carbonyl (C=O) groups is 1. The van der Waals surface area contributed by atoms with Crippen LogP contribution < -0.4 is 4.74 Å². The van der Waals surface area contributed by atoms with Gasteiger partial charge in [0, 0.05) is 49.2 Å². The summed E-state index contributed by atoms with van der Waals surface area (Å²) in [5, 5.41) is 0. The average Bonchev–Trinajstić information content (AvgIpc) is 2.80. The van der Waals surface area contributed by atoms with Crippen LogP contribution in [0.5, 0.6) is 5.75 Å². The minimum atomic E-state index is 0.0614. The van der Waals surface area contributed by atoms with E-state index in [1.54, 1.807) is 0 Å². The Morgan fingerprint density at radius 3 is 2.17 bits per heavy atom. The van der Waals surface area contributed by atoms with Crippen molar-refractivity contribution in [3.63, 3.8) is 0 Å². The van der Waals surface area contributed by atoms with Gasteiger partial charge in [0.2, 0.25) is 5.91 Å². The van der Waals surface area contributed by atoms with Crippen molar-refractivity contribution in [3.05, 3.63) is 72.9 Å². The first-order valence-electron chi connectivity index (χ1n) is 10.7. The molecule has 154 valence electrons. The highest BCUT2D eigenvalue weighted by atomic mass is 16.5. The monoisotopic (exact) mass is 400 g/mol. The van der Waals surface area contributed by atoms with E-state index >= 15 is 0 Å². The van der Waals surface area contributed by atoms with Gasteiger partial charge < -0.3 is 9.64 Å². The van der Waals surface area contributed by atoms with Crippen LogP contribution >= 0.6 is 0 Å². The number of carbonyl (C=O) groups excluding carboxylic acids is 1. The van der Waals surface area contributed by atoms with Crippen molar-refractivity contribution < 1.29 is 9.53 Å². The van der Waals surface area contributed by atoms with Crippen LogP contribution in [0.3, 0.4) is 0 Å². The predicted octanol–water partition coefficient (Wildman–Crippen LogP) is 5.44. The van der Waals surface area contributed by atoms with E-state index in [0.29, 0.717) is 0 Å². The predicted molar refractivity (Wildman–Crippen MR) is 120 cm³/mol. The molecule has 4 nitrogen and oxygen atoms in total. The molecule has 1 saturated heterocycles. The fourth-order valence-corrected chi connectivity index (χ4v) is 3.82. The first-order chi connectivity index (χ1) is 14.6. The van der Waals surface area contributed by atoms with Crippen molar-refractivity contribution in [1.82, 2.24) is 9.88 Å². The molecule has 30 heavy (non-hydrogen) atoms. The molecule has 0 radical (unpaired) electrons. The summed E-state index contributed by atoms with van der Waals surface area (Å²) in [5.74, 6) is 1.18. The molecule has 0 atom stereocenters. The summed E-state index contributed by atoms with van der Waals surface area (Å²) < 4.78 is 6.16. The van der Waals surface area contributed by atoms with Gasteiger partial charge in [0.1, 0.15) is 11.9 Å². The summed E-state index contributed by atoms with van der Waals surface area (Å²) in [6, 6.07) is 22.5. The zero-order valence-corrected chi connectivity index (χ0v) is 17.6. The Balaban J connectivity index is 1.35. The third-order valence-electron chi connectivity index (χ3n) is 5.57. The molecule has 3 aromatic rings. The van der Waals surface area contributed by atoms with Crippen LogP contribution in [0.2, 0.25) is 0 Å². The number of benzene rings is 2. The van der Waals surface area contributed by atoms with Crippen LogP contribution in [-0.2, 0) is 4.79 Å². The third-order valence-corrected chi connectivity index (χ3v) is 5.57. The number of likely N-dealkylation sites (tertiary alicyclic amines) is 1. The fourth-order valence-electron chi connectivity index (χ4n) is 3.82. The summed E-state index contributed by atoms with van der Waals surface area (Å²) in [6.07, 6.45) is 3.84. The van der Waals surface area contributed by atoms with Crippen LogP contribution in [0, 0.1) is 5.92 Å². The molecular formula is C26H28N2O2. The minimum Gasteiger partial charge on any atom is -0.490 e. The van der Waals surface area contributed by atoms with Gasteiger partial charge >= 0.3 is 0 Å². The summed E-state index contributed by atoms with van der Waals surface area (Å²) in [5.41, 5.74) is 4.30. The molecule has 1 fully saturated rings. The fraction of sp³-hybridized carbons (Fsp3) is 0.308. The Hall–Kier alpha value is -3.14. The van der Waals surface area contributed by atoms with Gasteiger partial charge in [-0.15, -0.1) is 0 Å². The number of hydrogen-bond acceptors (Lipinski definition) is 3. The van der Waals surface area contributed by atoms with Crippen LogP contribution in [0.4, 0.5) is 0 Å². The lowest BCUT2D eigenvalue weighted by Crippen LogP contribution is -2.43. The molecule has 1 amide bonds. The lowest BCUT2D eigenvalue weighted by atomic mass is 10.0. The van der Waals surface area contributed by atoms with Crippen molar-refractivity contribution in [2.24, 2.45) is 5.92 Å². The van der Waals surface area contributed by atoms with Gasteiger partial charge in [-0.1, -0.05) is 62.4 Å². The zero-order chi connectivity index (χ0) is 20.9. The molecule has 1 aliphatic heterocycles. The second-order valence-corrected chi connectivity index (χ2v) is 8.12. The number of nitrogens with zero attached hydrogens (tertiary/aromatic N) is 2. The highest BCUT2D eigenvalue weighted by Crippen LogP contribution is 2.26.